The summed E-state index contributed by atoms with van der Waals surface area (Å²) in [6.45, 7) is 5.81. The maximum absolute atomic E-state index is 14.2. The molecule has 0 aromatic carbocycles. The molecule has 0 radical (unpaired) electrons. The molecule has 0 aromatic heterocycles. The second-order valence-corrected chi connectivity index (χ2v) is 28.9. The molecule has 0 aliphatic carbocycles. The number of nitrogens with one attached hydrogen (secondary N) is 17. The summed E-state index contributed by atoms with van der Waals surface area (Å²) in [5.74, 6) is -20.4. The quantitative estimate of drug-likeness (QED) is 0.0251. The number of aliphatic hydroxyl groups is 3. The molecule has 0 bridgehead atoms. The molecule has 47 heteroatoms. The molecule has 1 rings (SSSR count). The highest BCUT2D eigenvalue weighted by Crippen LogP contribution is 2.19. The molecule has 0 spiro atoms. The van der Waals surface area contributed by atoms with Crippen molar-refractivity contribution < 1.29 is 116 Å². The molecule has 0 saturated carbocycles. The smallest absolute Gasteiger partial charge is 0.322 e. The molecule has 47 nitrogen and oxygen atoms in total. The van der Waals surface area contributed by atoms with Gasteiger partial charge in [0.25, 0.3) is 0 Å². The van der Waals surface area contributed by atoms with Crippen LogP contribution in [-0.4, -0.2) is 307 Å². The van der Waals surface area contributed by atoms with Crippen molar-refractivity contribution in [1.29, 1.82) is 0 Å². The summed E-state index contributed by atoms with van der Waals surface area (Å²) in [5.41, 5.74) is 27.8. The summed E-state index contributed by atoms with van der Waals surface area (Å²) < 4.78 is 0. The lowest BCUT2D eigenvalue weighted by Crippen LogP contribution is -2.61. The first kappa shape index (κ1) is 105. The molecule has 1 aliphatic rings. The lowest BCUT2D eigenvalue weighted by Gasteiger charge is -2.30. The number of unbranched alkanes of at least 4 members (excludes halogenated alkanes) is 3. The largest absolute Gasteiger partial charge is 0.480 e. The fourth-order valence-corrected chi connectivity index (χ4v) is 11.3. The zero-order valence-electron chi connectivity index (χ0n) is 68.1. The summed E-state index contributed by atoms with van der Waals surface area (Å²) in [4.78, 5) is 264. The van der Waals surface area contributed by atoms with Crippen molar-refractivity contribution in [2.24, 2.45) is 46.4 Å². The van der Waals surface area contributed by atoms with Crippen LogP contribution in [0.4, 0.5) is 0 Å². The van der Waals surface area contributed by atoms with Crippen LogP contribution in [-0.2, 0) is 95.9 Å². The molecule has 31 N–H and O–H groups in total. The van der Waals surface area contributed by atoms with E-state index in [0.717, 1.165) is 4.90 Å². The number of aliphatic carboxylic acids is 1. The summed E-state index contributed by atoms with van der Waals surface area (Å²) in [6, 6.07) is -18.0. The van der Waals surface area contributed by atoms with Crippen LogP contribution in [0.25, 0.3) is 0 Å². The van der Waals surface area contributed by atoms with Gasteiger partial charge in [0.2, 0.25) is 112 Å². The normalized spacial score (nSPS) is 15.6. The average molecular weight is 1680 g/mol. The van der Waals surface area contributed by atoms with E-state index in [1.807, 2.05) is 5.32 Å². The van der Waals surface area contributed by atoms with E-state index < -0.39 is 286 Å². The minimum Gasteiger partial charge on any atom is -0.480 e. The molecule has 1 fully saturated rings. The molecule has 1 saturated heterocycles. The Morgan fingerprint density at radius 2 is 0.771 bits per heavy atom. The van der Waals surface area contributed by atoms with Gasteiger partial charge in [0.1, 0.15) is 85.1 Å². The number of hydrogen-bond donors (Lipinski definition) is 26. The first-order valence-corrected chi connectivity index (χ1v) is 39.1. The van der Waals surface area contributed by atoms with E-state index in [4.69, 9.17) is 33.8 Å². The molecule has 0 aromatic rings. The number of carboxylic acid groups (broad SMARTS) is 1. The fourth-order valence-electron chi connectivity index (χ4n) is 11.3. The zero-order valence-corrected chi connectivity index (χ0v) is 68.1. The number of rotatable bonds is 58. The number of aliphatic hydroxyl groups excluding tert-OH is 3. The van der Waals surface area contributed by atoms with E-state index in [9.17, 15) is 111 Å². The van der Waals surface area contributed by atoms with Crippen LogP contribution in [0.2, 0.25) is 0 Å². The Balaban J connectivity index is 3.09. The van der Waals surface area contributed by atoms with Crippen molar-refractivity contribution in [3.63, 3.8) is 0 Å². The molecule has 118 heavy (non-hydrogen) atoms. The number of carboxylic acids is 1. The minimum absolute atomic E-state index is 0.0565. The van der Waals surface area contributed by atoms with Gasteiger partial charge in [-0.3, -0.25) is 95.9 Å². The Morgan fingerprint density at radius 3 is 1.26 bits per heavy atom. The van der Waals surface area contributed by atoms with Gasteiger partial charge in [-0.1, -0.05) is 48.0 Å². The van der Waals surface area contributed by atoms with Crippen LogP contribution in [0.15, 0.2) is 0 Å². The van der Waals surface area contributed by atoms with E-state index >= 15 is 0 Å². The van der Waals surface area contributed by atoms with Gasteiger partial charge in [0.15, 0.2) is 0 Å². The first-order valence-electron chi connectivity index (χ1n) is 39.1. The van der Waals surface area contributed by atoms with Gasteiger partial charge >= 0.3 is 5.97 Å². The van der Waals surface area contributed by atoms with Gasteiger partial charge in [-0.25, -0.2) is 0 Å². The molecule has 1 aliphatic heterocycles. The standard InChI is InChI=1S/C71H125N23O24/c1-9-38(6)58(71(118)92-56(36(2)3)69(116)81-31-54(103)94-26-16-20-48(94)68(115)90-46(34-96)64(111)82-32-55(104)105)93-66(113)44(19-12-15-25-74)88-67(114)47(35-97)89-60(107)40(8)84-70(117)57(37(4)5)91-65(112)43(18-11-14-24-73)85-53(102)30-80-63(110)45(21-22-49(76)98)86-52(101)28-77-50(99)27-78-59(106)39(7)83-51(100)29-79-62(109)42(17-10-13-23-72)87-61(108)41(75)33-95/h36-48,56-58,95-97H,9-35,72-75H2,1-8H3,(H2,76,98)(H,77,99)(H,78,106)(H,79,109)(H,80,110)(H,81,116)(H,82,111)(H,83,100)(H,84,117)(H,85,102)(H,86,101)(H,87,108)(H,88,114)(H,89,107)(H,90,115)(H,91,112)(H,92,118)(H,93,113)(H,104,105)/t38-,39-,40-,41-,42-,43-,44-,45-,46-,47-,48-,56-,57-,58-/m0/s1. The Kier molecular flexibility index (Phi) is 50.3. The van der Waals surface area contributed by atoms with E-state index in [1.54, 1.807) is 41.5 Å². The fraction of sp³-hybridized carbons (Fsp3) is 0.718. The molecule has 668 valence electrons. The maximum Gasteiger partial charge on any atom is 0.322 e. The van der Waals surface area contributed by atoms with Crippen LogP contribution in [0.5, 0.6) is 0 Å². The number of hydrogen-bond acceptors (Lipinski definition) is 27. The molecular weight excluding hydrogens is 1560 g/mol. The molecule has 1 heterocycles. The van der Waals surface area contributed by atoms with Gasteiger partial charge in [-0.15, -0.1) is 0 Å². The average Bonchev–Trinajstić information content (AvgIpc) is 1.56. The highest BCUT2D eigenvalue weighted by atomic mass is 16.4. The third-order valence-corrected chi connectivity index (χ3v) is 18.5. The number of nitrogens with two attached hydrogens (primary N) is 5. The van der Waals surface area contributed by atoms with E-state index in [0.29, 0.717) is 45.1 Å². The van der Waals surface area contributed by atoms with E-state index in [-0.39, 0.29) is 58.2 Å². The van der Waals surface area contributed by atoms with Gasteiger partial charge in [-0.05, 0) is 128 Å². The Hall–Kier alpha value is -10.9. The number of carbonyl (C=O) groups excluding carboxylic acids is 19. The summed E-state index contributed by atoms with van der Waals surface area (Å²) >= 11 is 0. The van der Waals surface area contributed by atoms with Gasteiger partial charge in [0, 0.05) is 13.0 Å². The summed E-state index contributed by atoms with van der Waals surface area (Å²) in [7, 11) is 0. The number of carbonyl (C=O) groups is 20. The van der Waals surface area contributed by atoms with Crippen LogP contribution in [0, 0.1) is 17.8 Å². The monoisotopic (exact) mass is 1680 g/mol. The van der Waals surface area contributed by atoms with Crippen molar-refractivity contribution in [3.8, 4) is 0 Å². The zero-order chi connectivity index (χ0) is 89.5. The highest BCUT2D eigenvalue weighted by molar-refractivity contribution is 6.01. The minimum atomic E-state index is -1.76. The predicted molar refractivity (Wildman–Crippen MR) is 419 cm³/mol. The second kappa shape index (κ2) is 56.5. The number of primary amides is 1. The van der Waals surface area contributed by atoms with Crippen LogP contribution in [0.3, 0.4) is 0 Å². The van der Waals surface area contributed by atoms with Gasteiger partial charge in [-0.2, -0.15) is 0 Å². The SMILES string of the molecule is CC[C@H](C)[C@H](NC(=O)[C@H](CCCCN)NC(=O)[C@H](CO)NC(=O)[C@H](C)NC(=O)[C@@H](NC(=O)[C@H](CCCCN)NC(=O)CNC(=O)[C@H](CCC(N)=O)NC(=O)CNC(=O)CNC(=O)[C@H](C)NC(=O)CNC(=O)[C@H](CCCCN)NC(=O)[C@@H](N)CO)C(C)C)C(=O)N[C@H](C(=O)NCC(=O)N1CCC[C@H]1C(=O)N[C@@H](CO)C(=O)NCC(=O)O)C(C)C. The third kappa shape index (κ3) is 39.8. The van der Waals surface area contributed by atoms with Crippen LogP contribution in [0.1, 0.15) is 145 Å². The lowest BCUT2D eigenvalue weighted by atomic mass is 9.95. The summed E-state index contributed by atoms with van der Waals surface area (Å²) in [6.07, 6.45) is 2.12. The lowest BCUT2D eigenvalue weighted by molar-refractivity contribution is -0.141. The third-order valence-electron chi connectivity index (χ3n) is 18.5. The Labute approximate surface area is 682 Å². The Morgan fingerprint density at radius 1 is 0.381 bits per heavy atom. The molecular formula is C71H125N23O24. The number of amides is 19. The number of nitrogens with zero attached hydrogens (tertiary/aromatic N) is 1. The molecule has 14 atom stereocenters. The van der Waals surface area contributed by atoms with Gasteiger partial charge in [0.05, 0.1) is 52.5 Å². The van der Waals surface area contributed by atoms with Crippen LogP contribution >= 0.6 is 0 Å². The van der Waals surface area contributed by atoms with Crippen molar-refractivity contribution in [1.82, 2.24) is 95.3 Å². The van der Waals surface area contributed by atoms with Crippen molar-refractivity contribution in [2.75, 3.05) is 85.3 Å². The molecule has 19 amide bonds. The maximum atomic E-state index is 14.2. The van der Waals surface area contributed by atoms with E-state index in [2.05, 4.69) is 85.1 Å². The highest BCUT2D eigenvalue weighted by Gasteiger charge is 2.40. The van der Waals surface area contributed by atoms with Crippen molar-refractivity contribution >= 4 is 118 Å². The van der Waals surface area contributed by atoms with Gasteiger partial charge < -0.3 is 144 Å². The topological polar surface area (TPSA) is 760 Å². The first-order chi connectivity index (χ1) is 55.6. The van der Waals surface area contributed by atoms with Crippen LogP contribution < -0.4 is 119 Å². The molecule has 0 unspecified atom stereocenters. The second-order valence-electron chi connectivity index (χ2n) is 28.9. The summed E-state index contributed by atoms with van der Waals surface area (Å²) in [5, 5.41) is 78.7. The van der Waals surface area contributed by atoms with Crippen molar-refractivity contribution in [3.05, 3.63) is 0 Å². The Bertz CT molecular complexity index is 3410. The number of likely N-dealkylation sites (tertiary alicyclic amines) is 1. The van der Waals surface area contributed by atoms with E-state index in [1.165, 1.54) is 13.8 Å². The predicted octanol–water partition coefficient (Wildman–Crippen LogP) is -12.6. The van der Waals surface area contributed by atoms with Crippen molar-refractivity contribution in [2.45, 2.75) is 224 Å².